The number of nitrogens with zero attached hydrogens (tertiary/aromatic N) is 1. The van der Waals surface area contributed by atoms with E-state index in [0.717, 1.165) is 10.9 Å². The number of rotatable bonds is 3. The minimum Gasteiger partial charge on any atom is -0.349 e. The van der Waals surface area contributed by atoms with Crippen molar-refractivity contribution in [2.75, 3.05) is 0 Å². The summed E-state index contributed by atoms with van der Waals surface area (Å²) in [6, 6.07) is 9.43. The number of nitrogens with one attached hydrogen (secondary N) is 1. The molecule has 1 aliphatic rings. The summed E-state index contributed by atoms with van der Waals surface area (Å²) in [5.74, 6) is 0.549. The van der Waals surface area contributed by atoms with Gasteiger partial charge in [-0.25, -0.2) is 4.98 Å². The molecule has 3 nitrogen and oxygen atoms in total. The Morgan fingerprint density at radius 1 is 1.40 bits per heavy atom. The topological polar surface area (TPSA) is 42.0 Å². The zero-order valence-electron chi connectivity index (χ0n) is 11.4. The first-order chi connectivity index (χ1) is 9.65. The lowest BCUT2D eigenvalue weighted by Gasteiger charge is -2.32. The van der Waals surface area contributed by atoms with E-state index >= 15 is 0 Å². The molecule has 0 bridgehead atoms. The number of halogens is 1. The van der Waals surface area contributed by atoms with E-state index in [4.69, 9.17) is 11.6 Å². The second-order valence-corrected chi connectivity index (χ2v) is 5.85. The fourth-order valence-corrected chi connectivity index (χ4v) is 2.87. The van der Waals surface area contributed by atoms with Gasteiger partial charge in [-0.05, 0) is 37.8 Å². The zero-order valence-corrected chi connectivity index (χ0v) is 12.2. The Morgan fingerprint density at radius 3 is 2.85 bits per heavy atom. The van der Waals surface area contributed by atoms with Crippen LogP contribution in [0, 0.1) is 5.92 Å². The van der Waals surface area contributed by atoms with Crippen molar-refractivity contribution in [3.63, 3.8) is 0 Å². The van der Waals surface area contributed by atoms with Crippen molar-refractivity contribution in [1.82, 2.24) is 10.3 Å². The molecule has 104 valence electrons. The summed E-state index contributed by atoms with van der Waals surface area (Å²) in [7, 11) is 0. The van der Waals surface area contributed by atoms with Crippen LogP contribution in [0.4, 0.5) is 0 Å². The van der Waals surface area contributed by atoms with E-state index in [-0.39, 0.29) is 11.9 Å². The summed E-state index contributed by atoms with van der Waals surface area (Å²) in [5, 5.41) is 4.29. The van der Waals surface area contributed by atoms with Crippen molar-refractivity contribution < 1.29 is 4.79 Å². The van der Waals surface area contributed by atoms with Gasteiger partial charge in [0.2, 0.25) is 0 Å². The molecule has 1 unspecified atom stereocenters. The Labute approximate surface area is 123 Å². The summed E-state index contributed by atoms with van der Waals surface area (Å²) >= 11 is 6.01. The number of pyridine rings is 1. The van der Waals surface area contributed by atoms with Gasteiger partial charge in [0.1, 0.15) is 5.15 Å². The number of aromatic nitrogens is 1. The quantitative estimate of drug-likeness (QED) is 0.873. The average Bonchev–Trinajstić information content (AvgIpc) is 2.35. The summed E-state index contributed by atoms with van der Waals surface area (Å²) in [4.78, 5) is 16.7. The van der Waals surface area contributed by atoms with Gasteiger partial charge in [-0.1, -0.05) is 36.2 Å². The Hall–Kier alpha value is -1.61. The van der Waals surface area contributed by atoms with E-state index < -0.39 is 0 Å². The molecule has 4 heteroatoms. The Balaban J connectivity index is 1.90. The van der Waals surface area contributed by atoms with Crippen molar-refractivity contribution in [3.05, 3.63) is 41.0 Å². The van der Waals surface area contributed by atoms with Gasteiger partial charge in [0, 0.05) is 11.4 Å². The molecule has 2 aromatic rings. The predicted molar refractivity (Wildman–Crippen MR) is 81.0 cm³/mol. The molecule has 1 aliphatic carbocycles. The number of carbonyl (C=O) groups excluding carboxylic acids is 1. The second-order valence-electron chi connectivity index (χ2n) is 5.46. The maximum atomic E-state index is 12.5. The molecule has 1 amide bonds. The lowest BCUT2D eigenvalue weighted by molar-refractivity contribution is 0.0911. The molecule has 1 heterocycles. The fourth-order valence-electron chi connectivity index (χ4n) is 2.67. The highest BCUT2D eigenvalue weighted by molar-refractivity contribution is 6.30. The second kappa shape index (κ2) is 5.41. The highest BCUT2D eigenvalue weighted by atomic mass is 35.5. The SMILES string of the molecule is CC(NC(=O)c1cc(Cl)nc2ccccc12)C1CCC1. The molecule has 3 rings (SSSR count). The van der Waals surface area contributed by atoms with Gasteiger partial charge < -0.3 is 5.32 Å². The van der Waals surface area contributed by atoms with Crippen LogP contribution in [0.1, 0.15) is 36.5 Å². The van der Waals surface area contributed by atoms with Crippen LogP contribution < -0.4 is 5.32 Å². The molecule has 0 radical (unpaired) electrons. The maximum absolute atomic E-state index is 12.5. The minimum atomic E-state index is -0.0649. The summed E-state index contributed by atoms with van der Waals surface area (Å²) < 4.78 is 0. The van der Waals surface area contributed by atoms with Crippen molar-refractivity contribution >= 4 is 28.4 Å². The molecule has 1 N–H and O–H groups in total. The number of fused-ring (bicyclic) bond motifs is 1. The number of para-hydroxylation sites is 1. The van der Waals surface area contributed by atoms with E-state index in [9.17, 15) is 4.79 Å². The number of benzene rings is 1. The van der Waals surface area contributed by atoms with Crippen molar-refractivity contribution in [2.45, 2.75) is 32.2 Å². The van der Waals surface area contributed by atoms with Crippen LogP contribution in [0.5, 0.6) is 0 Å². The van der Waals surface area contributed by atoms with E-state index in [0.29, 0.717) is 16.6 Å². The molecule has 1 aromatic carbocycles. The zero-order chi connectivity index (χ0) is 14.1. The Bertz CT molecular complexity index is 652. The number of amides is 1. The van der Waals surface area contributed by atoms with Crippen LogP contribution in [0.15, 0.2) is 30.3 Å². The highest BCUT2D eigenvalue weighted by Crippen LogP contribution is 2.29. The first-order valence-electron chi connectivity index (χ1n) is 7.01. The third-order valence-electron chi connectivity index (χ3n) is 4.15. The van der Waals surface area contributed by atoms with Crippen LogP contribution in [-0.2, 0) is 0 Å². The minimum absolute atomic E-state index is 0.0649. The highest BCUT2D eigenvalue weighted by Gasteiger charge is 2.25. The third-order valence-corrected chi connectivity index (χ3v) is 4.34. The summed E-state index contributed by atoms with van der Waals surface area (Å²) in [5.41, 5.74) is 1.35. The molecule has 1 aromatic heterocycles. The summed E-state index contributed by atoms with van der Waals surface area (Å²) in [6.07, 6.45) is 3.69. The van der Waals surface area contributed by atoms with Crippen LogP contribution in [0.2, 0.25) is 5.15 Å². The molecule has 1 saturated carbocycles. The van der Waals surface area contributed by atoms with Gasteiger partial charge in [-0.2, -0.15) is 0 Å². The average molecular weight is 289 g/mol. The number of carbonyl (C=O) groups is 1. The Kier molecular flexibility index (Phi) is 3.62. The van der Waals surface area contributed by atoms with E-state index in [1.54, 1.807) is 6.07 Å². The van der Waals surface area contributed by atoms with Crippen LogP contribution in [-0.4, -0.2) is 16.9 Å². The van der Waals surface area contributed by atoms with Gasteiger partial charge in [0.05, 0.1) is 11.1 Å². The van der Waals surface area contributed by atoms with E-state index in [1.807, 2.05) is 24.3 Å². The van der Waals surface area contributed by atoms with Crippen molar-refractivity contribution in [1.29, 1.82) is 0 Å². The van der Waals surface area contributed by atoms with Gasteiger partial charge in [0.25, 0.3) is 5.91 Å². The molecular weight excluding hydrogens is 272 g/mol. The molecule has 0 spiro atoms. The van der Waals surface area contributed by atoms with Crippen molar-refractivity contribution in [2.24, 2.45) is 5.92 Å². The van der Waals surface area contributed by atoms with Gasteiger partial charge in [-0.3, -0.25) is 4.79 Å². The lowest BCUT2D eigenvalue weighted by Crippen LogP contribution is -2.40. The van der Waals surface area contributed by atoms with Crippen LogP contribution in [0.25, 0.3) is 10.9 Å². The molecule has 0 saturated heterocycles. The first-order valence-corrected chi connectivity index (χ1v) is 7.39. The maximum Gasteiger partial charge on any atom is 0.252 e. The molecule has 1 fully saturated rings. The fraction of sp³-hybridized carbons (Fsp3) is 0.375. The van der Waals surface area contributed by atoms with Gasteiger partial charge in [-0.15, -0.1) is 0 Å². The number of hydrogen-bond donors (Lipinski definition) is 1. The first kappa shape index (κ1) is 13.4. The van der Waals surface area contributed by atoms with Gasteiger partial charge in [0.15, 0.2) is 0 Å². The number of hydrogen-bond acceptors (Lipinski definition) is 2. The monoisotopic (exact) mass is 288 g/mol. The smallest absolute Gasteiger partial charge is 0.252 e. The molecule has 20 heavy (non-hydrogen) atoms. The van der Waals surface area contributed by atoms with E-state index in [2.05, 4.69) is 17.2 Å². The van der Waals surface area contributed by atoms with Crippen LogP contribution in [0.3, 0.4) is 0 Å². The molecule has 1 atom stereocenters. The Morgan fingerprint density at radius 2 is 2.15 bits per heavy atom. The van der Waals surface area contributed by atoms with Gasteiger partial charge >= 0.3 is 0 Å². The van der Waals surface area contributed by atoms with Crippen molar-refractivity contribution in [3.8, 4) is 0 Å². The van der Waals surface area contributed by atoms with Crippen LogP contribution >= 0.6 is 11.6 Å². The summed E-state index contributed by atoms with van der Waals surface area (Å²) in [6.45, 7) is 2.08. The molecule has 0 aliphatic heterocycles. The standard InChI is InChI=1S/C16H17ClN2O/c1-10(11-5-4-6-11)18-16(20)13-9-15(17)19-14-8-3-2-7-12(13)14/h2-3,7-11H,4-6H2,1H3,(H,18,20). The normalized spacial score (nSPS) is 16.7. The third kappa shape index (κ3) is 2.50. The predicted octanol–water partition coefficient (Wildman–Crippen LogP) is 3.81. The van der Waals surface area contributed by atoms with E-state index in [1.165, 1.54) is 19.3 Å². The lowest BCUT2D eigenvalue weighted by atomic mass is 9.80. The largest absolute Gasteiger partial charge is 0.349 e. The molecular formula is C16H17ClN2O.